The van der Waals surface area contributed by atoms with Crippen molar-refractivity contribution in [3.63, 3.8) is 0 Å². The molecule has 2 aromatic carbocycles. The molecule has 0 aliphatic carbocycles. The van der Waals surface area contributed by atoms with Crippen LogP contribution in [-0.2, 0) is 0 Å². The number of benzene rings is 1. The average molecular weight is 256 g/mol. The molecule has 0 amide bonds. The van der Waals surface area contributed by atoms with E-state index in [9.17, 15) is 9.90 Å². The Bertz CT molecular complexity index is 669. The van der Waals surface area contributed by atoms with Crippen LogP contribution in [0.4, 0.5) is 11.4 Å². The molecule has 19 heavy (non-hydrogen) atoms. The zero-order chi connectivity index (χ0) is 13.7. The van der Waals surface area contributed by atoms with Gasteiger partial charge in [-0.15, -0.1) is 0 Å². The molecule has 0 spiro atoms. The van der Waals surface area contributed by atoms with Crippen molar-refractivity contribution in [1.29, 1.82) is 0 Å². The number of azo groups is 1. The molecule has 0 aliphatic heterocycles. The molecule has 0 fully saturated rings. The maximum atomic E-state index is 11.4. The van der Waals surface area contributed by atoms with Gasteiger partial charge in [-0.05, 0) is 24.3 Å². The maximum Gasteiger partial charge on any atom is 0.222 e. The van der Waals surface area contributed by atoms with E-state index in [1.165, 1.54) is 18.2 Å². The van der Waals surface area contributed by atoms with Crippen LogP contribution in [0.25, 0.3) is 0 Å². The molecule has 96 valence electrons. The Labute approximate surface area is 109 Å². The smallest absolute Gasteiger partial charge is 0.222 e. The van der Waals surface area contributed by atoms with Crippen LogP contribution in [0.2, 0.25) is 0 Å². The number of ether oxygens (including phenoxy) is 1. The minimum atomic E-state index is -0.496. The van der Waals surface area contributed by atoms with Gasteiger partial charge >= 0.3 is 0 Å². The summed E-state index contributed by atoms with van der Waals surface area (Å²) >= 11 is 0. The largest absolute Gasteiger partial charge is 0.504 e. The van der Waals surface area contributed by atoms with Gasteiger partial charge in [0.15, 0.2) is 5.75 Å². The van der Waals surface area contributed by atoms with Crippen molar-refractivity contribution in [2.24, 2.45) is 10.2 Å². The van der Waals surface area contributed by atoms with E-state index in [1.807, 2.05) is 0 Å². The number of nitrogens with zero attached hydrogens (tertiary/aromatic N) is 2. The highest BCUT2D eigenvalue weighted by Gasteiger charge is 1.96. The quantitative estimate of drug-likeness (QED) is 0.857. The SMILES string of the molecule is COc1cccc(N=Nc2cccc(O)c(=O)c2)c1. The van der Waals surface area contributed by atoms with Crippen LogP contribution in [-0.4, -0.2) is 12.2 Å². The molecular formula is C14H12N2O3. The highest BCUT2D eigenvalue weighted by Crippen LogP contribution is 2.21. The molecule has 2 rings (SSSR count). The second kappa shape index (κ2) is 5.77. The topological polar surface area (TPSA) is 71.2 Å². The molecule has 1 N–H and O–H groups in total. The third kappa shape index (κ3) is 3.38. The van der Waals surface area contributed by atoms with Crippen LogP contribution >= 0.6 is 0 Å². The van der Waals surface area contributed by atoms with Crippen molar-refractivity contribution in [2.45, 2.75) is 0 Å². The van der Waals surface area contributed by atoms with Gasteiger partial charge in [-0.2, -0.15) is 10.2 Å². The standard InChI is InChI=1S/C14H12N2O3/c1-19-12-6-2-4-10(8-12)15-16-11-5-3-7-13(17)14(18)9-11/h2-9H,1H3,(H,17,18). The monoisotopic (exact) mass is 256 g/mol. The van der Waals surface area contributed by atoms with Crippen molar-refractivity contribution in [1.82, 2.24) is 0 Å². The lowest BCUT2D eigenvalue weighted by Gasteiger charge is -1.98. The van der Waals surface area contributed by atoms with Crippen LogP contribution in [0.3, 0.4) is 0 Å². The lowest BCUT2D eigenvalue weighted by Crippen LogP contribution is -1.91. The Kier molecular flexibility index (Phi) is 3.87. The molecule has 0 aromatic heterocycles. The van der Waals surface area contributed by atoms with E-state index in [0.29, 0.717) is 17.1 Å². The van der Waals surface area contributed by atoms with E-state index in [-0.39, 0.29) is 5.75 Å². The molecule has 0 bridgehead atoms. The fourth-order valence-corrected chi connectivity index (χ4v) is 1.43. The molecule has 5 nitrogen and oxygen atoms in total. The van der Waals surface area contributed by atoms with Crippen molar-refractivity contribution >= 4 is 11.4 Å². The fourth-order valence-electron chi connectivity index (χ4n) is 1.43. The van der Waals surface area contributed by atoms with Crippen molar-refractivity contribution < 1.29 is 9.84 Å². The van der Waals surface area contributed by atoms with E-state index in [0.717, 1.165) is 0 Å². The average Bonchev–Trinajstić information content (AvgIpc) is 2.59. The fraction of sp³-hybridized carbons (Fsp3) is 0.0714. The normalized spacial score (nSPS) is 10.6. The Balaban J connectivity index is 2.30. The minimum absolute atomic E-state index is 0.317. The van der Waals surface area contributed by atoms with E-state index < -0.39 is 5.43 Å². The zero-order valence-electron chi connectivity index (χ0n) is 10.3. The molecule has 0 heterocycles. The van der Waals surface area contributed by atoms with Gasteiger partial charge in [0.25, 0.3) is 0 Å². The van der Waals surface area contributed by atoms with Crippen LogP contribution < -0.4 is 10.2 Å². The maximum absolute atomic E-state index is 11.4. The van der Waals surface area contributed by atoms with Crippen molar-refractivity contribution in [2.75, 3.05) is 7.11 Å². The van der Waals surface area contributed by atoms with Gasteiger partial charge in [-0.25, -0.2) is 0 Å². The summed E-state index contributed by atoms with van der Waals surface area (Å²) in [5, 5.41) is 17.2. The first-order valence-corrected chi connectivity index (χ1v) is 5.58. The summed E-state index contributed by atoms with van der Waals surface area (Å²) in [5.41, 5.74) is 0.486. The van der Waals surface area contributed by atoms with Crippen LogP contribution in [0.1, 0.15) is 0 Å². The number of rotatable bonds is 3. The highest BCUT2D eigenvalue weighted by molar-refractivity contribution is 5.44. The second-order valence-corrected chi connectivity index (χ2v) is 3.75. The third-order valence-electron chi connectivity index (χ3n) is 2.39. The molecular weight excluding hydrogens is 244 g/mol. The van der Waals surface area contributed by atoms with Gasteiger partial charge in [-0.3, -0.25) is 4.79 Å². The third-order valence-corrected chi connectivity index (χ3v) is 2.39. The molecule has 0 atom stereocenters. The number of hydrogen-bond donors (Lipinski definition) is 1. The molecule has 2 aromatic rings. The summed E-state index contributed by atoms with van der Waals surface area (Å²) < 4.78 is 5.07. The molecule has 0 unspecified atom stereocenters. The number of aromatic hydroxyl groups is 1. The van der Waals surface area contributed by atoms with Gasteiger partial charge in [0.2, 0.25) is 5.43 Å². The Morgan fingerprint density at radius 3 is 2.32 bits per heavy atom. The summed E-state index contributed by atoms with van der Waals surface area (Å²) in [5.74, 6) is 0.361. The van der Waals surface area contributed by atoms with Crippen LogP contribution in [0.5, 0.6) is 11.5 Å². The number of methoxy groups -OCH3 is 1. The second-order valence-electron chi connectivity index (χ2n) is 3.75. The lowest BCUT2D eigenvalue weighted by molar-refractivity contribution is 0.415. The minimum Gasteiger partial charge on any atom is -0.504 e. The molecule has 0 saturated carbocycles. The summed E-state index contributed by atoms with van der Waals surface area (Å²) in [6.07, 6.45) is 0. The summed E-state index contributed by atoms with van der Waals surface area (Å²) in [4.78, 5) is 11.4. The summed E-state index contributed by atoms with van der Waals surface area (Å²) in [6, 6.07) is 12.7. The van der Waals surface area contributed by atoms with E-state index in [2.05, 4.69) is 10.2 Å². The molecule has 5 heteroatoms. The Hall–Kier alpha value is -2.69. The van der Waals surface area contributed by atoms with Crippen LogP contribution in [0.15, 0.2) is 63.6 Å². The summed E-state index contributed by atoms with van der Waals surface area (Å²) in [6.45, 7) is 0. The lowest BCUT2D eigenvalue weighted by atomic mass is 10.3. The molecule has 0 saturated heterocycles. The predicted octanol–water partition coefficient (Wildman–Crippen LogP) is 3.18. The van der Waals surface area contributed by atoms with Crippen molar-refractivity contribution in [3.8, 4) is 11.5 Å². The van der Waals surface area contributed by atoms with E-state index in [1.54, 1.807) is 37.4 Å². The number of hydrogen-bond acceptors (Lipinski definition) is 5. The predicted molar refractivity (Wildman–Crippen MR) is 71.5 cm³/mol. The van der Waals surface area contributed by atoms with Gasteiger partial charge in [0.1, 0.15) is 5.75 Å². The van der Waals surface area contributed by atoms with Gasteiger partial charge < -0.3 is 9.84 Å². The van der Waals surface area contributed by atoms with Crippen molar-refractivity contribution in [3.05, 3.63) is 58.8 Å². The highest BCUT2D eigenvalue weighted by atomic mass is 16.5. The van der Waals surface area contributed by atoms with E-state index >= 15 is 0 Å². The molecule has 0 aliphatic rings. The Morgan fingerprint density at radius 1 is 1.00 bits per heavy atom. The first-order valence-electron chi connectivity index (χ1n) is 5.58. The van der Waals surface area contributed by atoms with Crippen LogP contribution in [0, 0.1) is 0 Å². The molecule has 0 radical (unpaired) electrons. The Morgan fingerprint density at radius 2 is 1.63 bits per heavy atom. The first-order chi connectivity index (χ1) is 9.19. The zero-order valence-corrected chi connectivity index (χ0v) is 10.3. The van der Waals surface area contributed by atoms with Gasteiger partial charge in [-0.1, -0.05) is 12.1 Å². The van der Waals surface area contributed by atoms with Gasteiger partial charge in [0.05, 0.1) is 18.5 Å². The van der Waals surface area contributed by atoms with E-state index in [4.69, 9.17) is 4.74 Å². The van der Waals surface area contributed by atoms with Gasteiger partial charge in [0, 0.05) is 12.1 Å². The summed E-state index contributed by atoms with van der Waals surface area (Å²) in [7, 11) is 1.57. The first kappa shape index (κ1) is 12.8.